The van der Waals surface area contributed by atoms with Gasteiger partial charge in [-0.05, 0) is 19.1 Å². The Morgan fingerprint density at radius 1 is 1.57 bits per heavy atom. The number of carboxylic acid groups (broad SMARTS) is 1. The van der Waals surface area contributed by atoms with E-state index in [1.54, 1.807) is 19.1 Å². The topological polar surface area (TPSA) is 114 Å². The predicted molar refractivity (Wildman–Crippen MR) is 72.1 cm³/mol. The van der Waals surface area contributed by atoms with Crippen molar-refractivity contribution in [3.8, 4) is 0 Å². The molecule has 0 saturated heterocycles. The van der Waals surface area contributed by atoms with Gasteiger partial charge in [0.25, 0.3) is 0 Å². The van der Waals surface area contributed by atoms with E-state index in [1.165, 1.54) is 12.5 Å². The van der Waals surface area contributed by atoms with E-state index in [9.17, 15) is 13.2 Å². The van der Waals surface area contributed by atoms with Crippen molar-refractivity contribution >= 4 is 16.0 Å². The minimum atomic E-state index is -3.75. The molecular formula is C12H15N3O5S. The molecule has 8 nitrogen and oxygen atoms in total. The lowest BCUT2D eigenvalue weighted by atomic mass is 10.2. The molecule has 2 aromatic rings. The van der Waals surface area contributed by atoms with Crippen molar-refractivity contribution in [2.45, 2.75) is 30.8 Å². The highest BCUT2D eigenvalue weighted by atomic mass is 32.2. The summed E-state index contributed by atoms with van der Waals surface area (Å²) in [6.45, 7) is 1.32. The molecule has 0 fully saturated rings. The Morgan fingerprint density at radius 3 is 2.95 bits per heavy atom. The third-order valence-corrected chi connectivity index (χ3v) is 4.21. The van der Waals surface area contributed by atoms with Gasteiger partial charge in [0.05, 0.1) is 12.5 Å². The van der Waals surface area contributed by atoms with E-state index in [1.807, 2.05) is 0 Å². The second kappa shape index (κ2) is 6.10. The Labute approximate surface area is 121 Å². The highest BCUT2D eigenvalue weighted by molar-refractivity contribution is 7.89. The van der Waals surface area contributed by atoms with Gasteiger partial charge >= 0.3 is 5.97 Å². The summed E-state index contributed by atoms with van der Waals surface area (Å²) in [5.74, 6) is -0.423. The van der Waals surface area contributed by atoms with Crippen molar-refractivity contribution in [1.29, 1.82) is 0 Å². The molecule has 0 spiro atoms. The lowest BCUT2D eigenvalue weighted by Crippen LogP contribution is -2.33. The van der Waals surface area contributed by atoms with Crippen molar-refractivity contribution in [3.05, 3.63) is 36.5 Å². The molecule has 2 N–H and O–H groups in total. The number of furan rings is 1. The van der Waals surface area contributed by atoms with Crippen LogP contribution < -0.4 is 4.72 Å². The summed E-state index contributed by atoms with van der Waals surface area (Å²) >= 11 is 0. The van der Waals surface area contributed by atoms with Crippen LogP contribution in [0.25, 0.3) is 0 Å². The molecule has 0 aromatic carbocycles. The minimum absolute atomic E-state index is 0.0740. The lowest BCUT2D eigenvalue weighted by Gasteiger charge is -2.11. The summed E-state index contributed by atoms with van der Waals surface area (Å²) in [6.07, 6.45) is 4.23. The van der Waals surface area contributed by atoms with Gasteiger partial charge in [-0.15, -0.1) is 0 Å². The summed E-state index contributed by atoms with van der Waals surface area (Å²) in [6, 6.07) is 3.12. The number of nitrogens with one attached hydrogen (secondary N) is 1. The summed E-state index contributed by atoms with van der Waals surface area (Å²) in [7, 11) is -3.75. The van der Waals surface area contributed by atoms with Crippen LogP contribution in [0.15, 0.2) is 40.1 Å². The molecule has 2 aromatic heterocycles. The number of hydrogen-bond acceptors (Lipinski definition) is 5. The predicted octanol–water partition coefficient (Wildman–Crippen LogP) is 0.470. The molecule has 9 heteroatoms. The zero-order valence-corrected chi connectivity index (χ0v) is 12.1. The second-order valence-corrected chi connectivity index (χ2v) is 6.29. The smallest absolute Gasteiger partial charge is 0.325 e. The molecule has 21 heavy (non-hydrogen) atoms. The summed E-state index contributed by atoms with van der Waals surface area (Å²) in [5, 5.41) is 12.3. The Bertz CT molecular complexity index is 705. The molecule has 2 heterocycles. The quantitative estimate of drug-likeness (QED) is 0.768. The van der Waals surface area contributed by atoms with Crippen LogP contribution in [0.1, 0.15) is 12.7 Å². The van der Waals surface area contributed by atoms with Gasteiger partial charge in [-0.2, -0.15) is 5.10 Å². The van der Waals surface area contributed by atoms with Crippen LogP contribution in [-0.2, 0) is 27.8 Å². The third-order valence-electron chi connectivity index (χ3n) is 2.66. The Balaban J connectivity index is 2.03. The molecule has 114 valence electrons. The highest BCUT2D eigenvalue weighted by Gasteiger charge is 2.20. The van der Waals surface area contributed by atoms with Crippen LogP contribution in [0, 0.1) is 0 Å². The van der Waals surface area contributed by atoms with Crippen LogP contribution >= 0.6 is 0 Å². The first-order chi connectivity index (χ1) is 9.87. The number of sulfonamides is 1. The van der Waals surface area contributed by atoms with E-state index in [0.29, 0.717) is 12.2 Å². The van der Waals surface area contributed by atoms with E-state index in [4.69, 9.17) is 9.52 Å². The van der Waals surface area contributed by atoms with Gasteiger partial charge < -0.3 is 9.52 Å². The molecule has 0 aliphatic heterocycles. The average Bonchev–Trinajstić information content (AvgIpc) is 2.98. The molecule has 0 aliphatic carbocycles. The van der Waals surface area contributed by atoms with Gasteiger partial charge in [-0.25, -0.2) is 13.1 Å². The van der Waals surface area contributed by atoms with Crippen molar-refractivity contribution in [3.63, 3.8) is 0 Å². The van der Waals surface area contributed by atoms with Crippen molar-refractivity contribution < 1.29 is 22.7 Å². The molecule has 1 unspecified atom stereocenters. The van der Waals surface area contributed by atoms with Crippen LogP contribution in [-0.4, -0.2) is 35.3 Å². The van der Waals surface area contributed by atoms with Crippen LogP contribution in [0.2, 0.25) is 0 Å². The monoisotopic (exact) mass is 313 g/mol. The van der Waals surface area contributed by atoms with Crippen LogP contribution in [0.3, 0.4) is 0 Å². The maximum atomic E-state index is 12.1. The number of aromatic nitrogens is 2. The van der Waals surface area contributed by atoms with Crippen LogP contribution in [0.4, 0.5) is 0 Å². The zero-order chi connectivity index (χ0) is 15.5. The number of carbonyl (C=O) groups is 1. The highest BCUT2D eigenvalue weighted by Crippen LogP contribution is 2.10. The first-order valence-corrected chi connectivity index (χ1v) is 7.64. The van der Waals surface area contributed by atoms with E-state index in [0.717, 1.165) is 10.9 Å². The van der Waals surface area contributed by atoms with Gasteiger partial charge in [0, 0.05) is 18.7 Å². The Kier molecular flexibility index (Phi) is 4.43. The standard InChI is InChI=1S/C12H15N3O5S/c1-9(5-10-3-2-4-20-10)14-21(18,19)11-6-13-15(7-11)8-12(16)17/h2-4,6-7,9,14H,5,8H2,1H3,(H,16,17). The van der Waals surface area contributed by atoms with Gasteiger partial charge in [-0.3, -0.25) is 9.48 Å². The molecule has 0 radical (unpaired) electrons. The minimum Gasteiger partial charge on any atom is -0.480 e. The summed E-state index contributed by atoms with van der Waals surface area (Å²) in [4.78, 5) is 10.5. The molecule has 0 aliphatic rings. The Morgan fingerprint density at radius 2 is 2.33 bits per heavy atom. The van der Waals surface area contributed by atoms with E-state index in [2.05, 4.69) is 9.82 Å². The molecular weight excluding hydrogens is 298 g/mol. The fourth-order valence-electron chi connectivity index (χ4n) is 1.81. The number of aliphatic carboxylic acids is 1. The summed E-state index contributed by atoms with van der Waals surface area (Å²) in [5.41, 5.74) is 0. The van der Waals surface area contributed by atoms with E-state index < -0.39 is 22.5 Å². The van der Waals surface area contributed by atoms with Gasteiger partial charge in [0.2, 0.25) is 10.0 Å². The molecule has 0 amide bonds. The SMILES string of the molecule is CC(Cc1ccco1)NS(=O)(=O)c1cnn(CC(=O)O)c1. The van der Waals surface area contributed by atoms with E-state index >= 15 is 0 Å². The largest absolute Gasteiger partial charge is 0.480 e. The fourth-order valence-corrected chi connectivity index (χ4v) is 3.01. The maximum Gasteiger partial charge on any atom is 0.325 e. The first kappa shape index (κ1) is 15.3. The second-order valence-electron chi connectivity index (χ2n) is 4.57. The van der Waals surface area contributed by atoms with Gasteiger partial charge in [0.1, 0.15) is 17.2 Å². The van der Waals surface area contributed by atoms with Gasteiger partial charge in [-0.1, -0.05) is 0 Å². The molecule has 1 atom stereocenters. The van der Waals surface area contributed by atoms with Crippen LogP contribution in [0.5, 0.6) is 0 Å². The van der Waals surface area contributed by atoms with Gasteiger partial charge in [0.15, 0.2) is 0 Å². The molecule has 0 saturated carbocycles. The summed E-state index contributed by atoms with van der Waals surface area (Å²) < 4.78 is 32.9. The molecule has 0 bridgehead atoms. The number of nitrogens with zero attached hydrogens (tertiary/aromatic N) is 2. The van der Waals surface area contributed by atoms with E-state index in [-0.39, 0.29) is 10.9 Å². The number of rotatable bonds is 7. The van der Waals surface area contributed by atoms with Crippen molar-refractivity contribution in [2.24, 2.45) is 0 Å². The number of hydrogen-bond donors (Lipinski definition) is 2. The van der Waals surface area contributed by atoms with Crippen molar-refractivity contribution in [2.75, 3.05) is 0 Å². The van der Waals surface area contributed by atoms with Crippen molar-refractivity contribution in [1.82, 2.24) is 14.5 Å². The normalized spacial score (nSPS) is 13.2. The maximum absolute atomic E-state index is 12.1. The zero-order valence-electron chi connectivity index (χ0n) is 11.3. The average molecular weight is 313 g/mol. The molecule has 2 rings (SSSR count). The lowest BCUT2D eigenvalue weighted by molar-refractivity contribution is -0.137. The third kappa shape index (κ3) is 4.17. The first-order valence-electron chi connectivity index (χ1n) is 6.16. The fraction of sp³-hybridized carbons (Fsp3) is 0.333. The number of carboxylic acids is 1. The Hall–Kier alpha value is -2.13.